The van der Waals surface area contributed by atoms with Crippen LogP contribution in [0.5, 0.6) is 0 Å². The summed E-state index contributed by atoms with van der Waals surface area (Å²) < 4.78 is 0. The molecule has 0 heterocycles. The molecule has 0 aliphatic heterocycles. The van der Waals surface area contributed by atoms with E-state index in [0.717, 1.165) is 0 Å². The maximum atomic E-state index is 5.56. The van der Waals surface area contributed by atoms with Crippen molar-refractivity contribution >= 4 is 34.3 Å². The van der Waals surface area contributed by atoms with Crippen LogP contribution in [-0.4, -0.2) is 18.2 Å². The Morgan fingerprint density at radius 2 is 2.00 bits per heavy atom. The summed E-state index contributed by atoms with van der Waals surface area (Å²) in [7, 11) is 1.62. The Hall–Kier alpha value is -0.540. The van der Waals surface area contributed by atoms with Gasteiger partial charge in [-0.15, -0.1) is 0 Å². The third-order valence-electron chi connectivity index (χ3n) is 0.822. The highest BCUT2D eigenvalue weighted by Gasteiger charge is 1.93. The Bertz CT molecular complexity index is 208. The van der Waals surface area contributed by atoms with Crippen LogP contribution in [0, 0.1) is 0 Å². The zero-order chi connectivity index (χ0) is 8.85. The van der Waals surface area contributed by atoms with Gasteiger partial charge in [0.05, 0.1) is 0 Å². The lowest BCUT2D eigenvalue weighted by Crippen LogP contribution is -2.14. The van der Waals surface area contributed by atoms with E-state index in [1.807, 2.05) is 0 Å². The summed E-state index contributed by atoms with van der Waals surface area (Å²) in [6, 6.07) is 0. The van der Waals surface area contributed by atoms with E-state index in [9.17, 15) is 0 Å². The summed E-state index contributed by atoms with van der Waals surface area (Å²) in [6.07, 6.45) is 0. The molecule has 62 valence electrons. The van der Waals surface area contributed by atoms with Crippen LogP contribution in [0.1, 0.15) is 6.92 Å². The molecule has 0 amide bonds. The molecule has 1 N–H and O–H groups in total. The highest BCUT2D eigenvalue weighted by atomic mass is 35.5. The van der Waals surface area contributed by atoms with Gasteiger partial charge in [-0.2, -0.15) is 0 Å². The number of halogens is 2. The Morgan fingerprint density at radius 1 is 1.45 bits per heavy atom. The first kappa shape index (κ1) is 10.5. The molecule has 0 radical (unpaired) electrons. The number of amidine groups is 2. The highest BCUT2D eigenvalue weighted by molar-refractivity contribution is 6.66. The zero-order valence-corrected chi connectivity index (χ0v) is 7.87. The van der Waals surface area contributed by atoms with Crippen LogP contribution < -0.4 is 5.32 Å². The Balaban J connectivity index is 4.11. The molecule has 0 aromatic carbocycles. The van der Waals surface area contributed by atoms with Crippen LogP contribution in [0.4, 0.5) is 0 Å². The number of nitrogens with zero attached hydrogens (tertiary/aromatic N) is 2. The van der Waals surface area contributed by atoms with Crippen molar-refractivity contribution in [2.24, 2.45) is 9.98 Å². The monoisotopic (exact) mass is 193 g/mol. The van der Waals surface area contributed by atoms with Crippen LogP contribution in [-0.2, 0) is 0 Å². The zero-order valence-electron chi connectivity index (χ0n) is 6.36. The summed E-state index contributed by atoms with van der Waals surface area (Å²) in [5, 5.41) is 2.90. The number of nitrogens with one attached hydrogen (secondary N) is 1. The standard InChI is InChI=1S/C6H9Cl2N3/c1-4(7)10-6(8)11-5(2)9-3/h1H2,2-3H3,(H,9,10,11). The predicted molar refractivity (Wildman–Crippen MR) is 50.4 cm³/mol. The number of hydrogen-bond donors (Lipinski definition) is 1. The van der Waals surface area contributed by atoms with Crippen LogP contribution in [0.3, 0.4) is 0 Å². The second-order valence-electron chi connectivity index (χ2n) is 1.70. The first-order chi connectivity index (χ1) is 5.06. The van der Waals surface area contributed by atoms with E-state index in [-0.39, 0.29) is 10.5 Å². The molecule has 0 fully saturated rings. The van der Waals surface area contributed by atoms with Crippen molar-refractivity contribution in [3.05, 3.63) is 11.7 Å². The van der Waals surface area contributed by atoms with Crippen molar-refractivity contribution in [3.8, 4) is 0 Å². The van der Waals surface area contributed by atoms with Crippen LogP contribution in [0.2, 0.25) is 0 Å². The molecule has 0 atom stereocenters. The maximum Gasteiger partial charge on any atom is 0.202 e. The van der Waals surface area contributed by atoms with Gasteiger partial charge in [-0.25, -0.2) is 4.99 Å². The van der Waals surface area contributed by atoms with Crippen molar-refractivity contribution in [2.75, 3.05) is 7.05 Å². The van der Waals surface area contributed by atoms with Gasteiger partial charge < -0.3 is 5.32 Å². The second-order valence-corrected chi connectivity index (χ2v) is 2.52. The second kappa shape index (κ2) is 5.16. The van der Waals surface area contributed by atoms with Gasteiger partial charge in [-0.3, -0.25) is 4.99 Å². The summed E-state index contributed by atoms with van der Waals surface area (Å²) in [6.45, 7) is 5.10. The third kappa shape index (κ3) is 5.88. The van der Waals surface area contributed by atoms with Gasteiger partial charge in [0.25, 0.3) is 0 Å². The molecule has 0 saturated carbocycles. The minimum atomic E-state index is 0.160. The fraction of sp³-hybridized carbons (Fsp3) is 0.333. The molecular formula is C6H9Cl2N3. The molecule has 0 bridgehead atoms. The predicted octanol–water partition coefficient (Wildman–Crippen LogP) is 1.93. The number of aliphatic imine (C=N–C) groups is 2. The van der Waals surface area contributed by atoms with Gasteiger partial charge in [0.2, 0.25) is 5.29 Å². The quantitative estimate of drug-likeness (QED) is 0.386. The highest BCUT2D eigenvalue weighted by Crippen LogP contribution is 1.93. The fourth-order valence-electron chi connectivity index (χ4n) is 0.332. The van der Waals surface area contributed by atoms with Crippen LogP contribution >= 0.6 is 23.2 Å². The minimum absolute atomic E-state index is 0.160. The maximum absolute atomic E-state index is 5.56. The molecule has 11 heavy (non-hydrogen) atoms. The lowest BCUT2D eigenvalue weighted by Gasteiger charge is -1.98. The van der Waals surface area contributed by atoms with Crippen molar-refractivity contribution in [1.29, 1.82) is 0 Å². The Kier molecular flexibility index (Phi) is 4.90. The molecule has 0 aromatic rings. The molecule has 0 aromatic heterocycles. The fourth-order valence-corrected chi connectivity index (χ4v) is 0.706. The molecular weight excluding hydrogens is 185 g/mol. The van der Waals surface area contributed by atoms with Crippen molar-refractivity contribution in [2.45, 2.75) is 6.92 Å². The average molecular weight is 194 g/mol. The molecule has 0 aliphatic rings. The van der Waals surface area contributed by atoms with Gasteiger partial charge in [0.1, 0.15) is 11.0 Å². The van der Waals surface area contributed by atoms with Gasteiger partial charge in [0, 0.05) is 7.05 Å². The molecule has 0 spiro atoms. The smallest absolute Gasteiger partial charge is 0.202 e. The molecule has 0 saturated heterocycles. The van der Waals surface area contributed by atoms with Crippen LogP contribution in [0.25, 0.3) is 0 Å². The number of rotatable bonds is 1. The van der Waals surface area contributed by atoms with E-state index >= 15 is 0 Å². The summed E-state index contributed by atoms with van der Waals surface area (Å²) in [5.74, 6) is 0.570. The SMILES string of the molecule is C=C(Cl)NC(Cl)=NC(C)=NC. The van der Waals surface area contributed by atoms with E-state index in [0.29, 0.717) is 5.84 Å². The lowest BCUT2D eigenvalue weighted by molar-refractivity contribution is 1.26. The third-order valence-corrected chi connectivity index (χ3v) is 1.10. The summed E-state index contributed by atoms with van der Waals surface area (Å²) >= 11 is 11.0. The first-order valence-corrected chi connectivity index (χ1v) is 3.61. The van der Waals surface area contributed by atoms with E-state index in [2.05, 4.69) is 21.9 Å². The molecule has 3 nitrogen and oxygen atoms in total. The van der Waals surface area contributed by atoms with Gasteiger partial charge in [0.15, 0.2) is 0 Å². The minimum Gasteiger partial charge on any atom is -0.321 e. The van der Waals surface area contributed by atoms with Gasteiger partial charge in [-0.05, 0) is 18.5 Å². The van der Waals surface area contributed by atoms with Gasteiger partial charge in [-0.1, -0.05) is 18.2 Å². The average Bonchev–Trinajstić information content (AvgIpc) is 1.85. The number of hydrogen-bond acceptors (Lipinski definition) is 1. The normalized spacial score (nSPS) is 13.1. The van der Waals surface area contributed by atoms with E-state index in [4.69, 9.17) is 23.2 Å². The topological polar surface area (TPSA) is 36.8 Å². The van der Waals surface area contributed by atoms with E-state index < -0.39 is 0 Å². The van der Waals surface area contributed by atoms with E-state index in [1.54, 1.807) is 14.0 Å². The molecule has 0 aliphatic carbocycles. The summed E-state index contributed by atoms with van der Waals surface area (Å²) in [5.41, 5.74) is 0. The first-order valence-electron chi connectivity index (χ1n) is 2.85. The molecule has 0 unspecified atom stereocenters. The molecule has 0 rings (SSSR count). The van der Waals surface area contributed by atoms with Gasteiger partial charge >= 0.3 is 0 Å². The van der Waals surface area contributed by atoms with Crippen LogP contribution in [0.15, 0.2) is 21.7 Å². The van der Waals surface area contributed by atoms with Crippen molar-refractivity contribution in [1.82, 2.24) is 5.32 Å². The summed E-state index contributed by atoms with van der Waals surface area (Å²) in [4.78, 5) is 7.58. The Labute approximate surface area is 75.8 Å². The largest absolute Gasteiger partial charge is 0.321 e. The molecule has 5 heteroatoms. The lowest BCUT2D eigenvalue weighted by atomic mass is 10.7. The Morgan fingerprint density at radius 3 is 2.36 bits per heavy atom. The van der Waals surface area contributed by atoms with Crippen molar-refractivity contribution in [3.63, 3.8) is 0 Å². The van der Waals surface area contributed by atoms with Crippen molar-refractivity contribution < 1.29 is 0 Å². The van der Waals surface area contributed by atoms with E-state index in [1.165, 1.54) is 0 Å².